The number of fused-ring (bicyclic) bond motifs is 4. The van der Waals surface area contributed by atoms with Gasteiger partial charge in [0.25, 0.3) is 0 Å². The van der Waals surface area contributed by atoms with E-state index in [2.05, 4.69) is 6.07 Å². The predicted molar refractivity (Wildman–Crippen MR) is 147 cm³/mol. The topological polar surface area (TPSA) is 108 Å². The number of benzene rings is 3. The molecule has 0 aliphatic carbocycles. The Morgan fingerprint density at radius 3 is 2.67 bits per heavy atom. The summed E-state index contributed by atoms with van der Waals surface area (Å²) >= 11 is 0. The molecule has 3 aromatic carbocycles. The van der Waals surface area contributed by atoms with Crippen LogP contribution >= 0.6 is 0 Å². The monoisotopic (exact) mass is 552 g/mol. The van der Waals surface area contributed by atoms with Crippen LogP contribution < -0.4 is 18.9 Å². The van der Waals surface area contributed by atoms with Crippen molar-refractivity contribution in [2.24, 2.45) is 0 Å². The van der Waals surface area contributed by atoms with Crippen LogP contribution in [0.4, 0.5) is 0 Å². The van der Waals surface area contributed by atoms with Gasteiger partial charge in [0.05, 0.1) is 32.0 Å². The highest BCUT2D eigenvalue weighted by atomic mass is 32.2. The maximum Gasteiger partial charge on any atom is 0.304 e. The number of sulfone groups is 1. The van der Waals surface area contributed by atoms with Gasteiger partial charge in [-0.2, -0.15) is 0 Å². The van der Waals surface area contributed by atoms with Crippen LogP contribution in [0.15, 0.2) is 48.5 Å². The lowest BCUT2D eigenvalue weighted by Gasteiger charge is -2.16. The molecular formula is C30H32O8S. The number of carbonyl (C=O) groups is 1. The highest BCUT2D eigenvalue weighted by Gasteiger charge is 2.27. The summed E-state index contributed by atoms with van der Waals surface area (Å²) in [5.41, 5.74) is 6.18. The molecule has 2 aliphatic rings. The summed E-state index contributed by atoms with van der Waals surface area (Å²) in [4.78, 5) is 11.1. The van der Waals surface area contributed by atoms with Crippen LogP contribution in [-0.4, -0.2) is 51.3 Å². The highest BCUT2D eigenvalue weighted by molar-refractivity contribution is 7.90. The molecule has 0 aromatic heterocycles. The van der Waals surface area contributed by atoms with Crippen molar-refractivity contribution in [2.75, 3.05) is 31.8 Å². The fourth-order valence-corrected chi connectivity index (χ4v) is 5.80. The number of hydrogen-bond donors (Lipinski definition) is 1. The molecule has 0 radical (unpaired) electrons. The number of hydrogen-bond acceptors (Lipinski definition) is 7. The molecule has 8 nitrogen and oxygen atoms in total. The van der Waals surface area contributed by atoms with Gasteiger partial charge in [-0.3, -0.25) is 4.79 Å². The van der Waals surface area contributed by atoms with E-state index in [1.165, 1.54) is 6.26 Å². The van der Waals surface area contributed by atoms with Gasteiger partial charge in [-0.05, 0) is 65.9 Å². The molecule has 9 heteroatoms. The smallest absolute Gasteiger partial charge is 0.304 e. The van der Waals surface area contributed by atoms with Gasteiger partial charge in [0.1, 0.15) is 39.4 Å². The molecule has 2 heterocycles. The molecular weight excluding hydrogens is 520 g/mol. The molecule has 3 aromatic rings. The van der Waals surface area contributed by atoms with Crippen molar-refractivity contribution in [3.05, 3.63) is 70.8 Å². The Balaban J connectivity index is 1.31. The minimum atomic E-state index is -3.01. The van der Waals surface area contributed by atoms with E-state index in [9.17, 15) is 13.2 Å². The van der Waals surface area contributed by atoms with E-state index in [0.717, 1.165) is 51.3 Å². The average Bonchev–Trinajstić information content (AvgIpc) is 3.16. The Labute approximate surface area is 228 Å². The molecule has 0 unspecified atom stereocenters. The molecule has 206 valence electrons. The van der Waals surface area contributed by atoms with Crippen molar-refractivity contribution in [1.82, 2.24) is 0 Å². The molecule has 1 atom stereocenters. The van der Waals surface area contributed by atoms with Crippen LogP contribution in [0.25, 0.3) is 11.1 Å². The fraction of sp³-hybridized carbons (Fsp3) is 0.367. The third-order valence-corrected chi connectivity index (χ3v) is 7.98. The van der Waals surface area contributed by atoms with E-state index in [1.54, 1.807) is 0 Å². The quantitative estimate of drug-likeness (QED) is 0.353. The molecule has 0 fully saturated rings. The Morgan fingerprint density at radius 1 is 1.03 bits per heavy atom. The second-order valence-corrected chi connectivity index (χ2v) is 12.4. The summed E-state index contributed by atoms with van der Waals surface area (Å²) in [5, 5.41) is 9.11. The van der Waals surface area contributed by atoms with Crippen LogP contribution in [0.2, 0.25) is 0 Å². The van der Waals surface area contributed by atoms with Gasteiger partial charge in [-0.25, -0.2) is 8.42 Å². The maximum absolute atomic E-state index is 11.4. The van der Waals surface area contributed by atoms with Crippen LogP contribution in [0.1, 0.15) is 41.0 Å². The number of aryl methyl sites for hydroxylation is 1. The molecule has 5 rings (SSSR count). The molecule has 1 N–H and O–H groups in total. The number of aliphatic carboxylic acids is 1. The number of carboxylic acid groups (broad SMARTS) is 1. The molecule has 0 saturated heterocycles. The van der Waals surface area contributed by atoms with E-state index in [1.807, 2.05) is 49.4 Å². The Bertz CT molecular complexity index is 1500. The second kappa shape index (κ2) is 11.2. The third-order valence-electron chi connectivity index (χ3n) is 6.95. The van der Waals surface area contributed by atoms with E-state index < -0.39 is 15.8 Å². The Kier molecular flexibility index (Phi) is 7.70. The highest BCUT2D eigenvalue weighted by Crippen LogP contribution is 2.41. The van der Waals surface area contributed by atoms with Gasteiger partial charge in [-0.1, -0.05) is 12.1 Å². The summed E-state index contributed by atoms with van der Waals surface area (Å²) < 4.78 is 46.5. The second-order valence-electron chi connectivity index (χ2n) is 10.1. The summed E-state index contributed by atoms with van der Waals surface area (Å²) in [7, 11) is -3.01. The van der Waals surface area contributed by atoms with Crippen molar-refractivity contribution in [3.63, 3.8) is 0 Å². The zero-order valence-corrected chi connectivity index (χ0v) is 22.9. The number of carboxylic acids is 1. The van der Waals surface area contributed by atoms with Crippen molar-refractivity contribution in [1.29, 1.82) is 0 Å². The first-order valence-electron chi connectivity index (χ1n) is 13.0. The van der Waals surface area contributed by atoms with Crippen molar-refractivity contribution < 1.29 is 37.3 Å². The molecule has 0 amide bonds. The number of ether oxygens (including phenoxy) is 4. The predicted octanol–water partition coefficient (Wildman–Crippen LogP) is 4.94. The van der Waals surface area contributed by atoms with Gasteiger partial charge >= 0.3 is 5.97 Å². The molecule has 0 bridgehead atoms. The summed E-state index contributed by atoms with van der Waals surface area (Å²) in [6.45, 7) is 3.64. The third kappa shape index (κ3) is 6.47. The molecule has 0 spiro atoms. The van der Waals surface area contributed by atoms with Crippen LogP contribution in [0.3, 0.4) is 0 Å². The number of rotatable bonds is 10. The van der Waals surface area contributed by atoms with Gasteiger partial charge < -0.3 is 24.1 Å². The zero-order chi connectivity index (χ0) is 27.6. The summed E-state index contributed by atoms with van der Waals surface area (Å²) in [5.74, 6) is 2.00. The maximum atomic E-state index is 11.4. The minimum Gasteiger partial charge on any atom is -0.494 e. The van der Waals surface area contributed by atoms with E-state index in [4.69, 9.17) is 24.1 Å². The van der Waals surface area contributed by atoms with Crippen LogP contribution in [-0.2, 0) is 27.7 Å². The fourth-order valence-electron chi connectivity index (χ4n) is 5.15. The van der Waals surface area contributed by atoms with Crippen molar-refractivity contribution in [2.45, 2.75) is 38.7 Å². The molecule has 39 heavy (non-hydrogen) atoms. The first-order chi connectivity index (χ1) is 18.7. The zero-order valence-electron chi connectivity index (χ0n) is 22.1. The van der Waals surface area contributed by atoms with Gasteiger partial charge in [0.2, 0.25) is 0 Å². The normalized spacial score (nSPS) is 15.7. The lowest BCUT2D eigenvalue weighted by atomic mass is 9.92. The standard InChI is InChI=1S/C30H32O8S/c1-19-12-24(35-9-3-11-39(2,33)34)14-21-8-10-36-27-7-4-20(13-26(27)30(19)21)17-37-23-5-6-25-22(15-29(31)32)18-38-28(25)16-23/h4-7,12-14,16,22H,3,8-11,15,17-18H2,1-2H3,(H,31,32)/t22-/m1/s1. The first-order valence-corrected chi connectivity index (χ1v) is 15.0. The minimum absolute atomic E-state index is 0.0437. The van der Waals surface area contributed by atoms with Gasteiger partial charge in [-0.15, -0.1) is 0 Å². The summed E-state index contributed by atoms with van der Waals surface area (Å²) in [6.07, 6.45) is 2.45. The van der Waals surface area contributed by atoms with Crippen LogP contribution in [0.5, 0.6) is 23.0 Å². The van der Waals surface area contributed by atoms with E-state index >= 15 is 0 Å². The van der Waals surface area contributed by atoms with E-state index in [0.29, 0.717) is 44.3 Å². The van der Waals surface area contributed by atoms with E-state index in [-0.39, 0.29) is 18.1 Å². The van der Waals surface area contributed by atoms with Gasteiger partial charge in [0.15, 0.2) is 0 Å². The lowest BCUT2D eigenvalue weighted by Crippen LogP contribution is -2.08. The van der Waals surface area contributed by atoms with Crippen molar-refractivity contribution >= 4 is 15.8 Å². The SMILES string of the molecule is Cc1cc(OCCCS(C)(=O)=O)cc2c1-c1cc(COc3ccc4c(c3)OC[C@H]4CC(=O)O)ccc1OCC2. The molecule has 2 aliphatic heterocycles. The average molecular weight is 553 g/mol. The van der Waals surface area contributed by atoms with Crippen LogP contribution in [0, 0.1) is 6.92 Å². The largest absolute Gasteiger partial charge is 0.494 e. The van der Waals surface area contributed by atoms with Gasteiger partial charge in [0, 0.05) is 35.8 Å². The lowest BCUT2D eigenvalue weighted by molar-refractivity contribution is -0.137. The summed E-state index contributed by atoms with van der Waals surface area (Å²) in [6, 6.07) is 15.6. The van der Waals surface area contributed by atoms with Crippen molar-refractivity contribution in [3.8, 4) is 34.1 Å². The Hall–Kier alpha value is -3.72. The Morgan fingerprint density at radius 2 is 1.87 bits per heavy atom. The first kappa shape index (κ1) is 26.9. The molecule has 0 saturated carbocycles.